The van der Waals surface area contributed by atoms with Crippen molar-refractivity contribution in [2.45, 2.75) is 48.8 Å². The van der Waals surface area contributed by atoms with E-state index in [2.05, 4.69) is 35.4 Å². The fourth-order valence-corrected chi connectivity index (χ4v) is 4.21. The summed E-state index contributed by atoms with van der Waals surface area (Å²) in [5.41, 5.74) is 7.49. The van der Waals surface area contributed by atoms with Crippen LogP contribution in [0.1, 0.15) is 37.3 Å². The zero-order chi connectivity index (χ0) is 14.7. The number of nitrogens with zero attached hydrogens (tertiary/aromatic N) is 1. The molecule has 3 atom stereocenters. The third-order valence-electron chi connectivity index (χ3n) is 4.90. The number of hydrogen-bond acceptors (Lipinski definition) is 4. The molecule has 3 unspecified atom stereocenters. The molecule has 2 aliphatic rings. The van der Waals surface area contributed by atoms with E-state index in [1.165, 1.54) is 36.1 Å². The summed E-state index contributed by atoms with van der Waals surface area (Å²) in [5.74, 6) is 0. The molecule has 0 radical (unpaired) electrons. The van der Waals surface area contributed by atoms with Crippen LogP contribution in [-0.4, -0.2) is 43.0 Å². The van der Waals surface area contributed by atoms with Gasteiger partial charge in [-0.3, -0.25) is 4.90 Å². The van der Waals surface area contributed by atoms with Gasteiger partial charge in [-0.2, -0.15) is 0 Å². The van der Waals surface area contributed by atoms with Crippen molar-refractivity contribution in [3.05, 3.63) is 29.8 Å². The summed E-state index contributed by atoms with van der Waals surface area (Å²) < 4.78 is 5.99. The minimum absolute atomic E-state index is 0.329. The van der Waals surface area contributed by atoms with Crippen molar-refractivity contribution in [1.82, 2.24) is 4.90 Å². The summed E-state index contributed by atoms with van der Waals surface area (Å²) in [5, 5.41) is 0. The van der Waals surface area contributed by atoms with Crippen LogP contribution < -0.4 is 5.73 Å². The Labute approximate surface area is 132 Å². The molecule has 21 heavy (non-hydrogen) atoms. The number of hydrogen-bond donors (Lipinski definition) is 1. The van der Waals surface area contributed by atoms with E-state index in [1.54, 1.807) is 11.8 Å². The van der Waals surface area contributed by atoms with Crippen molar-refractivity contribution in [1.29, 1.82) is 0 Å². The minimum Gasteiger partial charge on any atom is -0.375 e. The first kappa shape index (κ1) is 15.3. The number of thioether (sulfide) groups is 1. The normalized spacial score (nSPS) is 28.1. The van der Waals surface area contributed by atoms with Crippen molar-refractivity contribution >= 4 is 11.8 Å². The Morgan fingerprint density at radius 3 is 2.76 bits per heavy atom. The van der Waals surface area contributed by atoms with Crippen molar-refractivity contribution < 1.29 is 4.74 Å². The molecule has 1 aromatic rings. The molecule has 0 aromatic heterocycles. The van der Waals surface area contributed by atoms with E-state index in [1.807, 2.05) is 0 Å². The number of morpholine rings is 1. The molecular weight excluding hydrogens is 280 g/mol. The molecule has 2 fully saturated rings. The topological polar surface area (TPSA) is 38.5 Å². The second-order valence-corrected chi connectivity index (χ2v) is 6.90. The molecule has 1 aromatic carbocycles. The third-order valence-corrected chi connectivity index (χ3v) is 5.64. The quantitative estimate of drug-likeness (QED) is 0.868. The molecule has 0 spiro atoms. The van der Waals surface area contributed by atoms with Crippen molar-refractivity contribution in [3.8, 4) is 0 Å². The largest absolute Gasteiger partial charge is 0.375 e. The lowest BCUT2D eigenvalue weighted by Crippen LogP contribution is -2.54. The van der Waals surface area contributed by atoms with Gasteiger partial charge in [-0.15, -0.1) is 11.8 Å². The van der Waals surface area contributed by atoms with E-state index < -0.39 is 0 Å². The van der Waals surface area contributed by atoms with Crippen LogP contribution in [0.5, 0.6) is 0 Å². The first-order valence-corrected chi connectivity index (χ1v) is 9.27. The smallest absolute Gasteiger partial charge is 0.0731 e. The van der Waals surface area contributed by atoms with Crippen molar-refractivity contribution in [2.75, 3.05) is 26.0 Å². The first-order valence-electron chi connectivity index (χ1n) is 8.05. The van der Waals surface area contributed by atoms with Crippen LogP contribution >= 0.6 is 11.8 Å². The summed E-state index contributed by atoms with van der Waals surface area (Å²) >= 11 is 1.79. The third kappa shape index (κ3) is 3.29. The molecule has 3 rings (SSSR count). The van der Waals surface area contributed by atoms with E-state index in [0.717, 1.165) is 13.2 Å². The number of fused-ring (bicyclic) bond motifs is 1. The van der Waals surface area contributed by atoms with Gasteiger partial charge in [-0.05, 0) is 36.8 Å². The zero-order valence-corrected chi connectivity index (χ0v) is 13.6. The fourth-order valence-electron chi connectivity index (χ4n) is 3.80. The summed E-state index contributed by atoms with van der Waals surface area (Å²) in [6, 6.07) is 9.80. The fraction of sp³-hybridized carbons (Fsp3) is 0.647. The molecule has 1 saturated carbocycles. The molecule has 1 aliphatic heterocycles. The Kier molecular flexibility index (Phi) is 5.22. The molecule has 0 amide bonds. The van der Waals surface area contributed by atoms with E-state index in [4.69, 9.17) is 10.5 Å². The monoisotopic (exact) mass is 306 g/mol. The lowest BCUT2D eigenvalue weighted by molar-refractivity contribution is -0.102. The molecule has 2 N–H and O–H groups in total. The number of benzene rings is 1. The highest BCUT2D eigenvalue weighted by Gasteiger charge is 2.37. The highest BCUT2D eigenvalue weighted by molar-refractivity contribution is 7.98. The Bertz CT molecular complexity index is 449. The van der Waals surface area contributed by atoms with E-state index >= 15 is 0 Å². The average Bonchev–Trinajstić information content (AvgIpc) is 2.56. The van der Waals surface area contributed by atoms with E-state index in [9.17, 15) is 0 Å². The number of ether oxygens (including phenoxy) is 1. The van der Waals surface area contributed by atoms with Crippen LogP contribution in [-0.2, 0) is 4.74 Å². The predicted molar refractivity (Wildman–Crippen MR) is 88.7 cm³/mol. The van der Waals surface area contributed by atoms with Gasteiger partial charge in [0, 0.05) is 30.1 Å². The van der Waals surface area contributed by atoms with Crippen LogP contribution in [0.3, 0.4) is 0 Å². The number of rotatable bonds is 4. The van der Waals surface area contributed by atoms with Gasteiger partial charge >= 0.3 is 0 Å². The zero-order valence-electron chi connectivity index (χ0n) is 12.8. The second kappa shape index (κ2) is 7.14. The van der Waals surface area contributed by atoms with Gasteiger partial charge in [0.1, 0.15) is 0 Å². The van der Waals surface area contributed by atoms with Crippen LogP contribution in [0.15, 0.2) is 29.2 Å². The predicted octanol–water partition coefficient (Wildman–Crippen LogP) is 3.05. The first-order chi connectivity index (χ1) is 10.3. The van der Waals surface area contributed by atoms with Crippen LogP contribution in [0.4, 0.5) is 0 Å². The Morgan fingerprint density at radius 1 is 1.29 bits per heavy atom. The van der Waals surface area contributed by atoms with Crippen molar-refractivity contribution in [3.63, 3.8) is 0 Å². The van der Waals surface area contributed by atoms with Gasteiger partial charge in [-0.25, -0.2) is 0 Å². The lowest BCUT2D eigenvalue weighted by atomic mass is 9.88. The Hall–Kier alpha value is -0.550. The summed E-state index contributed by atoms with van der Waals surface area (Å²) in [7, 11) is 0. The van der Waals surface area contributed by atoms with Crippen LogP contribution in [0.25, 0.3) is 0 Å². The van der Waals surface area contributed by atoms with Crippen LogP contribution in [0.2, 0.25) is 0 Å². The van der Waals surface area contributed by atoms with Gasteiger partial charge in [0.2, 0.25) is 0 Å². The SMILES string of the molecule is CSc1ccc(C(CN)N2CCOC3CCCCC32)cc1. The maximum absolute atomic E-state index is 6.14. The highest BCUT2D eigenvalue weighted by atomic mass is 32.2. The average molecular weight is 306 g/mol. The van der Waals surface area contributed by atoms with Gasteiger partial charge in [-0.1, -0.05) is 25.0 Å². The van der Waals surface area contributed by atoms with E-state index in [-0.39, 0.29) is 0 Å². The number of nitrogens with two attached hydrogens (primary N) is 1. The maximum Gasteiger partial charge on any atom is 0.0731 e. The van der Waals surface area contributed by atoms with Gasteiger partial charge < -0.3 is 10.5 Å². The maximum atomic E-state index is 6.14. The highest BCUT2D eigenvalue weighted by Crippen LogP contribution is 2.34. The standard InChI is InChI=1S/C17H26N2OS/c1-21-14-8-6-13(7-9-14)16(12-18)19-10-11-20-17-5-3-2-4-15(17)19/h6-9,15-17H,2-5,10-12,18H2,1H3. The molecule has 1 saturated heterocycles. The lowest BCUT2D eigenvalue weighted by Gasteiger charge is -2.47. The second-order valence-electron chi connectivity index (χ2n) is 6.02. The van der Waals surface area contributed by atoms with Crippen molar-refractivity contribution in [2.24, 2.45) is 5.73 Å². The van der Waals surface area contributed by atoms with Gasteiger partial charge in [0.15, 0.2) is 0 Å². The summed E-state index contributed by atoms with van der Waals surface area (Å²) in [4.78, 5) is 3.92. The van der Waals surface area contributed by atoms with Gasteiger partial charge in [0.25, 0.3) is 0 Å². The molecule has 0 bridgehead atoms. The van der Waals surface area contributed by atoms with Gasteiger partial charge in [0.05, 0.1) is 12.7 Å². The molecule has 116 valence electrons. The molecule has 1 heterocycles. The summed E-state index contributed by atoms with van der Waals surface area (Å²) in [6.07, 6.45) is 7.64. The Balaban J connectivity index is 1.80. The minimum atomic E-state index is 0.329. The van der Waals surface area contributed by atoms with E-state index in [0.29, 0.717) is 24.7 Å². The molecular formula is C17H26N2OS. The van der Waals surface area contributed by atoms with Crippen LogP contribution in [0, 0.1) is 0 Å². The molecule has 1 aliphatic carbocycles. The molecule has 3 nitrogen and oxygen atoms in total. The summed E-state index contributed by atoms with van der Waals surface area (Å²) in [6.45, 7) is 2.54. The molecule has 4 heteroatoms. The Morgan fingerprint density at radius 2 is 2.05 bits per heavy atom.